The molecule has 1 amide bonds. The molecule has 0 aliphatic rings. The van der Waals surface area contributed by atoms with E-state index in [-0.39, 0.29) is 12.3 Å². The monoisotopic (exact) mass is 358 g/mol. The van der Waals surface area contributed by atoms with Crippen molar-refractivity contribution in [3.05, 3.63) is 60.2 Å². The van der Waals surface area contributed by atoms with Gasteiger partial charge < -0.3 is 15.4 Å². The summed E-state index contributed by atoms with van der Waals surface area (Å²) >= 11 is 0. The zero-order valence-corrected chi connectivity index (χ0v) is 14.1. The highest BCUT2D eigenvalue weighted by Crippen LogP contribution is 2.31. The van der Waals surface area contributed by atoms with E-state index in [9.17, 15) is 13.6 Å². The van der Waals surface area contributed by atoms with Gasteiger partial charge in [0.15, 0.2) is 0 Å². The van der Waals surface area contributed by atoms with Gasteiger partial charge in [-0.15, -0.1) is 0 Å². The number of nitrogens with one attached hydrogen (secondary N) is 2. The number of fused-ring (bicyclic) bond motifs is 1. The van der Waals surface area contributed by atoms with Gasteiger partial charge in [-0.05, 0) is 23.6 Å². The SMILES string of the molecule is O=C(CCc1c(-c2ccccc2)[nH]c2ccccc12)NCC(O)C(F)F. The van der Waals surface area contributed by atoms with E-state index in [0.717, 1.165) is 27.7 Å². The Kier molecular flexibility index (Phi) is 5.63. The number of hydrogen-bond acceptors (Lipinski definition) is 2. The Morgan fingerprint density at radius 2 is 1.77 bits per heavy atom. The van der Waals surface area contributed by atoms with Gasteiger partial charge in [0, 0.05) is 29.6 Å². The predicted molar refractivity (Wildman–Crippen MR) is 97.1 cm³/mol. The average molecular weight is 358 g/mol. The van der Waals surface area contributed by atoms with Gasteiger partial charge in [-0.2, -0.15) is 0 Å². The van der Waals surface area contributed by atoms with Crippen molar-refractivity contribution in [1.29, 1.82) is 0 Å². The molecule has 6 heteroatoms. The molecule has 2 aromatic carbocycles. The number of amides is 1. The molecule has 0 aliphatic heterocycles. The van der Waals surface area contributed by atoms with Crippen LogP contribution in [0.5, 0.6) is 0 Å². The minimum atomic E-state index is -2.87. The highest BCUT2D eigenvalue weighted by molar-refractivity contribution is 5.91. The van der Waals surface area contributed by atoms with Crippen LogP contribution in [0.3, 0.4) is 0 Å². The summed E-state index contributed by atoms with van der Waals surface area (Å²) in [7, 11) is 0. The molecule has 3 aromatic rings. The molecule has 3 N–H and O–H groups in total. The number of benzene rings is 2. The predicted octanol–water partition coefficient (Wildman–Crippen LogP) is 3.51. The maximum atomic E-state index is 12.3. The first-order valence-electron chi connectivity index (χ1n) is 8.44. The number of hydrogen-bond donors (Lipinski definition) is 3. The second kappa shape index (κ2) is 8.10. The zero-order valence-electron chi connectivity index (χ0n) is 14.1. The van der Waals surface area contributed by atoms with Crippen LogP contribution in [0.25, 0.3) is 22.2 Å². The van der Waals surface area contributed by atoms with Crippen LogP contribution < -0.4 is 5.32 Å². The number of H-pyrrole nitrogens is 1. The van der Waals surface area contributed by atoms with Crippen LogP contribution >= 0.6 is 0 Å². The molecule has 26 heavy (non-hydrogen) atoms. The number of aromatic nitrogens is 1. The van der Waals surface area contributed by atoms with Gasteiger partial charge in [0.05, 0.1) is 0 Å². The second-order valence-electron chi connectivity index (χ2n) is 6.10. The van der Waals surface area contributed by atoms with Crippen molar-refractivity contribution >= 4 is 16.8 Å². The van der Waals surface area contributed by atoms with Gasteiger partial charge in [0.25, 0.3) is 6.43 Å². The third-order valence-corrected chi connectivity index (χ3v) is 4.28. The number of rotatable bonds is 7. The van der Waals surface area contributed by atoms with Crippen LogP contribution in [0.15, 0.2) is 54.6 Å². The third kappa shape index (κ3) is 4.08. The standard InChI is InChI=1S/C20H20F2N2O2/c21-20(22)17(25)12-23-18(26)11-10-15-14-8-4-5-9-16(14)24-19(15)13-6-2-1-3-7-13/h1-9,17,20,24-25H,10-12H2,(H,23,26). The first kappa shape index (κ1) is 18.1. The van der Waals surface area contributed by atoms with Crippen molar-refractivity contribution in [2.24, 2.45) is 0 Å². The fraction of sp³-hybridized carbons (Fsp3) is 0.250. The Hall–Kier alpha value is -2.73. The van der Waals surface area contributed by atoms with E-state index in [2.05, 4.69) is 10.3 Å². The van der Waals surface area contributed by atoms with E-state index >= 15 is 0 Å². The number of para-hydroxylation sites is 1. The van der Waals surface area contributed by atoms with Crippen LogP contribution in [0.1, 0.15) is 12.0 Å². The molecule has 4 nitrogen and oxygen atoms in total. The summed E-state index contributed by atoms with van der Waals surface area (Å²) in [5.74, 6) is -0.367. The maximum Gasteiger partial charge on any atom is 0.265 e. The number of aromatic amines is 1. The number of aryl methyl sites for hydroxylation is 1. The smallest absolute Gasteiger partial charge is 0.265 e. The number of carbonyl (C=O) groups is 1. The highest BCUT2D eigenvalue weighted by Gasteiger charge is 2.18. The average Bonchev–Trinajstić information content (AvgIpc) is 3.03. The molecule has 0 saturated heterocycles. The molecule has 1 atom stereocenters. The van der Waals surface area contributed by atoms with Crippen LogP contribution in [0, 0.1) is 0 Å². The van der Waals surface area contributed by atoms with E-state index in [1.54, 1.807) is 0 Å². The number of aliphatic hydroxyl groups is 1. The summed E-state index contributed by atoms with van der Waals surface area (Å²) in [6, 6.07) is 17.7. The van der Waals surface area contributed by atoms with Crippen molar-refractivity contribution in [3.8, 4) is 11.3 Å². The topological polar surface area (TPSA) is 65.1 Å². The number of carbonyl (C=O) groups excluding carboxylic acids is 1. The molecule has 0 radical (unpaired) electrons. The fourth-order valence-electron chi connectivity index (χ4n) is 2.95. The van der Waals surface area contributed by atoms with E-state index in [1.807, 2.05) is 54.6 Å². The summed E-state index contributed by atoms with van der Waals surface area (Å²) in [6.07, 6.45) is -4.09. The first-order valence-corrected chi connectivity index (χ1v) is 8.44. The summed E-state index contributed by atoms with van der Waals surface area (Å²) in [6.45, 7) is -0.448. The maximum absolute atomic E-state index is 12.3. The lowest BCUT2D eigenvalue weighted by Crippen LogP contribution is -2.35. The molecular formula is C20H20F2N2O2. The fourth-order valence-corrected chi connectivity index (χ4v) is 2.95. The summed E-state index contributed by atoms with van der Waals surface area (Å²) in [4.78, 5) is 15.4. The van der Waals surface area contributed by atoms with E-state index in [1.165, 1.54) is 0 Å². The van der Waals surface area contributed by atoms with Crippen molar-refractivity contribution in [2.75, 3.05) is 6.54 Å². The molecule has 3 rings (SSSR count). The molecule has 0 aliphatic carbocycles. The van der Waals surface area contributed by atoms with E-state index < -0.39 is 19.1 Å². The van der Waals surface area contributed by atoms with Gasteiger partial charge in [0.1, 0.15) is 6.10 Å². The van der Waals surface area contributed by atoms with Gasteiger partial charge in [-0.25, -0.2) is 8.78 Å². The molecule has 1 unspecified atom stereocenters. The lowest BCUT2D eigenvalue weighted by molar-refractivity contribution is -0.122. The first-order chi connectivity index (χ1) is 12.6. The molecule has 0 fully saturated rings. The molecule has 0 spiro atoms. The van der Waals surface area contributed by atoms with Crippen LogP contribution in [0.4, 0.5) is 8.78 Å². The Morgan fingerprint density at radius 3 is 2.50 bits per heavy atom. The number of alkyl halides is 2. The molecule has 0 saturated carbocycles. The number of aliphatic hydroxyl groups excluding tert-OH is 1. The molecule has 136 valence electrons. The second-order valence-corrected chi connectivity index (χ2v) is 6.10. The van der Waals surface area contributed by atoms with Gasteiger partial charge >= 0.3 is 0 Å². The van der Waals surface area contributed by atoms with Crippen LogP contribution in [-0.4, -0.2) is 35.1 Å². The van der Waals surface area contributed by atoms with Crippen molar-refractivity contribution in [2.45, 2.75) is 25.4 Å². The van der Waals surface area contributed by atoms with E-state index in [4.69, 9.17) is 5.11 Å². The Balaban J connectivity index is 1.78. The Morgan fingerprint density at radius 1 is 1.08 bits per heavy atom. The van der Waals surface area contributed by atoms with Crippen molar-refractivity contribution in [1.82, 2.24) is 10.3 Å². The number of halogens is 2. The van der Waals surface area contributed by atoms with E-state index in [0.29, 0.717) is 6.42 Å². The molecular weight excluding hydrogens is 338 g/mol. The Bertz CT molecular complexity index is 878. The lowest BCUT2D eigenvalue weighted by atomic mass is 10.0. The minimum absolute atomic E-state index is 0.150. The van der Waals surface area contributed by atoms with Crippen molar-refractivity contribution in [3.63, 3.8) is 0 Å². The Labute approximate surface area is 149 Å². The lowest BCUT2D eigenvalue weighted by Gasteiger charge is -2.11. The molecule has 1 aromatic heterocycles. The van der Waals surface area contributed by atoms with Gasteiger partial charge in [-0.1, -0.05) is 48.5 Å². The van der Waals surface area contributed by atoms with Gasteiger partial charge in [0.2, 0.25) is 5.91 Å². The normalized spacial score (nSPS) is 12.5. The minimum Gasteiger partial charge on any atom is -0.385 e. The van der Waals surface area contributed by atoms with Crippen molar-refractivity contribution < 1.29 is 18.7 Å². The third-order valence-electron chi connectivity index (χ3n) is 4.28. The summed E-state index contributed by atoms with van der Waals surface area (Å²) in [5, 5.41) is 12.5. The largest absolute Gasteiger partial charge is 0.385 e. The highest BCUT2D eigenvalue weighted by atomic mass is 19.3. The summed E-state index contributed by atoms with van der Waals surface area (Å²) < 4.78 is 24.6. The van der Waals surface area contributed by atoms with Crippen LogP contribution in [0.2, 0.25) is 0 Å². The van der Waals surface area contributed by atoms with Gasteiger partial charge in [-0.3, -0.25) is 4.79 Å². The molecule has 0 bridgehead atoms. The van der Waals surface area contributed by atoms with Crippen LogP contribution in [-0.2, 0) is 11.2 Å². The quantitative estimate of drug-likeness (QED) is 0.605. The summed E-state index contributed by atoms with van der Waals surface area (Å²) in [5.41, 5.74) is 3.96. The molecule has 1 heterocycles. The zero-order chi connectivity index (χ0) is 18.5.